The standard InChI is InChI=1S/C9H8FNO/c1-2-9(12)11-8-5-3-4-7(10)6-8/h2-6H,1H2,(H,11,12). The van der Waals surface area contributed by atoms with E-state index in [-0.39, 0.29) is 11.7 Å². The summed E-state index contributed by atoms with van der Waals surface area (Å²) in [6.07, 6.45) is 1.13. The second-order valence-corrected chi connectivity index (χ2v) is 2.20. The van der Waals surface area contributed by atoms with Crippen LogP contribution in [-0.2, 0) is 4.79 Å². The summed E-state index contributed by atoms with van der Waals surface area (Å²) in [5, 5.41) is 2.44. The van der Waals surface area contributed by atoms with Crippen LogP contribution in [0.2, 0.25) is 0 Å². The molecule has 1 rings (SSSR count). The van der Waals surface area contributed by atoms with E-state index in [0.29, 0.717) is 5.69 Å². The van der Waals surface area contributed by atoms with Crippen LogP contribution in [-0.4, -0.2) is 5.91 Å². The molecule has 2 nitrogen and oxygen atoms in total. The molecular formula is C9H8FNO. The Balaban J connectivity index is 2.76. The van der Waals surface area contributed by atoms with Crippen molar-refractivity contribution in [2.24, 2.45) is 0 Å². The zero-order valence-electron chi connectivity index (χ0n) is 6.38. The second-order valence-electron chi connectivity index (χ2n) is 2.20. The Morgan fingerprint density at radius 1 is 1.58 bits per heavy atom. The molecule has 0 aliphatic carbocycles. The lowest BCUT2D eigenvalue weighted by molar-refractivity contribution is -0.111. The minimum absolute atomic E-state index is 0.347. The van der Waals surface area contributed by atoms with E-state index >= 15 is 0 Å². The average molecular weight is 165 g/mol. The van der Waals surface area contributed by atoms with E-state index in [0.717, 1.165) is 6.08 Å². The topological polar surface area (TPSA) is 29.1 Å². The summed E-state index contributed by atoms with van der Waals surface area (Å²) in [7, 11) is 0. The van der Waals surface area contributed by atoms with Crippen LogP contribution in [0.3, 0.4) is 0 Å². The van der Waals surface area contributed by atoms with E-state index < -0.39 is 0 Å². The van der Waals surface area contributed by atoms with Crippen molar-refractivity contribution in [2.45, 2.75) is 0 Å². The van der Waals surface area contributed by atoms with Crippen LogP contribution in [0.4, 0.5) is 10.1 Å². The third-order valence-electron chi connectivity index (χ3n) is 1.28. The van der Waals surface area contributed by atoms with Crippen molar-refractivity contribution >= 4 is 11.6 Å². The summed E-state index contributed by atoms with van der Waals surface area (Å²) in [6.45, 7) is 3.27. The van der Waals surface area contributed by atoms with Crippen LogP contribution in [0.1, 0.15) is 0 Å². The number of rotatable bonds is 2. The van der Waals surface area contributed by atoms with E-state index in [4.69, 9.17) is 0 Å². The molecule has 62 valence electrons. The molecule has 0 saturated carbocycles. The minimum atomic E-state index is -0.378. The Kier molecular flexibility index (Phi) is 2.58. The summed E-state index contributed by atoms with van der Waals surface area (Å²) in [6, 6.07) is 5.67. The number of nitrogens with one attached hydrogen (secondary N) is 1. The summed E-state index contributed by atoms with van der Waals surface area (Å²) in [4.78, 5) is 10.7. The van der Waals surface area contributed by atoms with Crippen LogP contribution in [0.25, 0.3) is 0 Å². The summed E-state index contributed by atoms with van der Waals surface area (Å²) in [5.74, 6) is -0.725. The highest BCUT2D eigenvalue weighted by Crippen LogP contribution is 2.08. The third kappa shape index (κ3) is 2.20. The highest BCUT2D eigenvalue weighted by Gasteiger charge is 1.96. The first kappa shape index (κ1) is 8.46. The lowest BCUT2D eigenvalue weighted by atomic mass is 10.3. The van der Waals surface area contributed by atoms with Crippen LogP contribution in [0, 0.1) is 5.82 Å². The molecule has 0 aromatic heterocycles. The van der Waals surface area contributed by atoms with Crippen LogP contribution >= 0.6 is 0 Å². The fraction of sp³-hybridized carbons (Fsp3) is 0. The van der Waals surface area contributed by atoms with Crippen molar-refractivity contribution < 1.29 is 9.18 Å². The summed E-state index contributed by atoms with van der Waals surface area (Å²) < 4.78 is 12.5. The number of amides is 1. The van der Waals surface area contributed by atoms with Gasteiger partial charge < -0.3 is 5.32 Å². The lowest BCUT2D eigenvalue weighted by Crippen LogP contribution is -2.06. The molecule has 0 heterocycles. The predicted molar refractivity (Wildman–Crippen MR) is 45.2 cm³/mol. The van der Waals surface area contributed by atoms with Gasteiger partial charge in [-0.15, -0.1) is 0 Å². The van der Waals surface area contributed by atoms with Gasteiger partial charge >= 0.3 is 0 Å². The molecule has 0 fully saturated rings. The zero-order valence-corrected chi connectivity index (χ0v) is 6.38. The molecule has 0 saturated heterocycles. The molecule has 3 heteroatoms. The molecule has 0 unspecified atom stereocenters. The van der Waals surface area contributed by atoms with E-state index in [1.54, 1.807) is 6.07 Å². The van der Waals surface area contributed by atoms with Gasteiger partial charge in [-0.25, -0.2) is 4.39 Å². The van der Waals surface area contributed by atoms with Crippen molar-refractivity contribution in [1.82, 2.24) is 0 Å². The van der Waals surface area contributed by atoms with Crippen molar-refractivity contribution in [3.05, 3.63) is 42.7 Å². The molecule has 12 heavy (non-hydrogen) atoms. The van der Waals surface area contributed by atoms with Gasteiger partial charge in [0.25, 0.3) is 0 Å². The van der Waals surface area contributed by atoms with E-state index in [9.17, 15) is 9.18 Å². The molecule has 0 atom stereocenters. The fourth-order valence-corrected chi connectivity index (χ4v) is 0.760. The smallest absolute Gasteiger partial charge is 0.247 e. The van der Waals surface area contributed by atoms with Gasteiger partial charge in [0.05, 0.1) is 0 Å². The number of halogens is 1. The number of hydrogen-bond donors (Lipinski definition) is 1. The molecule has 0 aliphatic heterocycles. The van der Waals surface area contributed by atoms with E-state index in [2.05, 4.69) is 11.9 Å². The molecule has 1 aromatic rings. The Hall–Kier alpha value is -1.64. The van der Waals surface area contributed by atoms with E-state index in [1.165, 1.54) is 18.2 Å². The fourth-order valence-electron chi connectivity index (χ4n) is 0.760. The second kappa shape index (κ2) is 3.67. The van der Waals surface area contributed by atoms with Crippen LogP contribution in [0.15, 0.2) is 36.9 Å². The van der Waals surface area contributed by atoms with Gasteiger partial charge in [-0.3, -0.25) is 4.79 Å². The Morgan fingerprint density at radius 2 is 2.33 bits per heavy atom. The maximum atomic E-state index is 12.5. The van der Waals surface area contributed by atoms with E-state index in [1.807, 2.05) is 0 Å². The quantitative estimate of drug-likeness (QED) is 0.667. The number of hydrogen-bond acceptors (Lipinski definition) is 1. The molecule has 1 amide bonds. The van der Waals surface area contributed by atoms with Crippen molar-refractivity contribution in [3.8, 4) is 0 Å². The average Bonchev–Trinajstić information content (AvgIpc) is 2.04. The minimum Gasteiger partial charge on any atom is -0.322 e. The molecule has 0 spiro atoms. The molecule has 0 radical (unpaired) electrons. The predicted octanol–water partition coefficient (Wildman–Crippen LogP) is 1.95. The normalized spacial score (nSPS) is 9.08. The summed E-state index contributed by atoms with van der Waals surface area (Å²) >= 11 is 0. The molecule has 1 aromatic carbocycles. The number of anilines is 1. The van der Waals surface area contributed by atoms with Gasteiger partial charge in [0.15, 0.2) is 0 Å². The number of carbonyl (C=O) groups excluding carboxylic acids is 1. The summed E-state index contributed by atoms with van der Waals surface area (Å²) in [5.41, 5.74) is 0.430. The monoisotopic (exact) mass is 165 g/mol. The first-order chi connectivity index (χ1) is 5.72. The zero-order chi connectivity index (χ0) is 8.97. The van der Waals surface area contributed by atoms with Gasteiger partial charge in [-0.1, -0.05) is 12.6 Å². The Labute approximate surface area is 69.7 Å². The largest absolute Gasteiger partial charge is 0.322 e. The maximum absolute atomic E-state index is 12.5. The first-order valence-corrected chi connectivity index (χ1v) is 3.41. The number of carbonyl (C=O) groups is 1. The van der Waals surface area contributed by atoms with Crippen molar-refractivity contribution in [3.63, 3.8) is 0 Å². The number of benzene rings is 1. The van der Waals surface area contributed by atoms with Gasteiger partial charge in [0.1, 0.15) is 5.82 Å². The van der Waals surface area contributed by atoms with Crippen molar-refractivity contribution in [1.29, 1.82) is 0 Å². The molecule has 0 aliphatic rings. The van der Waals surface area contributed by atoms with Gasteiger partial charge in [0.2, 0.25) is 5.91 Å². The molecular weight excluding hydrogens is 157 g/mol. The highest BCUT2D eigenvalue weighted by atomic mass is 19.1. The Bertz CT molecular complexity index is 309. The molecule has 1 N–H and O–H groups in total. The third-order valence-corrected chi connectivity index (χ3v) is 1.28. The SMILES string of the molecule is C=CC(=O)Nc1cccc(F)c1. The van der Waals surface area contributed by atoms with Crippen LogP contribution < -0.4 is 5.32 Å². The van der Waals surface area contributed by atoms with Crippen molar-refractivity contribution in [2.75, 3.05) is 5.32 Å². The molecule has 0 bridgehead atoms. The maximum Gasteiger partial charge on any atom is 0.247 e. The lowest BCUT2D eigenvalue weighted by Gasteiger charge is -2.00. The van der Waals surface area contributed by atoms with Crippen LogP contribution in [0.5, 0.6) is 0 Å². The van der Waals surface area contributed by atoms with Gasteiger partial charge in [0, 0.05) is 5.69 Å². The first-order valence-electron chi connectivity index (χ1n) is 3.41. The Morgan fingerprint density at radius 3 is 2.92 bits per heavy atom. The van der Waals surface area contributed by atoms with Gasteiger partial charge in [-0.05, 0) is 24.3 Å². The van der Waals surface area contributed by atoms with Gasteiger partial charge in [-0.2, -0.15) is 0 Å². The highest BCUT2D eigenvalue weighted by molar-refractivity contribution is 5.98.